The summed E-state index contributed by atoms with van der Waals surface area (Å²) in [6, 6.07) is 1.77. The number of sulfonamides is 2. The fourth-order valence-electron chi connectivity index (χ4n) is 1.29. The lowest BCUT2D eigenvalue weighted by Crippen LogP contribution is -2.34. The van der Waals surface area contributed by atoms with Crippen LogP contribution in [0.15, 0.2) is 21.9 Å². The van der Waals surface area contributed by atoms with Crippen LogP contribution in [0.2, 0.25) is 5.02 Å². The zero-order valence-electron chi connectivity index (χ0n) is 10.1. The van der Waals surface area contributed by atoms with Crippen LogP contribution in [0.25, 0.3) is 0 Å². The van der Waals surface area contributed by atoms with Gasteiger partial charge in [0.2, 0.25) is 20.0 Å². The van der Waals surface area contributed by atoms with Crippen LogP contribution < -0.4 is 15.2 Å². The van der Waals surface area contributed by atoms with Crippen molar-refractivity contribution in [3.8, 4) is 0 Å². The first-order valence-corrected chi connectivity index (χ1v) is 7.52. The first kappa shape index (κ1) is 10.1. The van der Waals surface area contributed by atoms with Gasteiger partial charge in [-0.3, -0.25) is 0 Å². The summed E-state index contributed by atoms with van der Waals surface area (Å²) in [5.41, 5.74) is -0.152. The van der Waals surface area contributed by atoms with E-state index in [1.54, 1.807) is 4.72 Å². The summed E-state index contributed by atoms with van der Waals surface area (Å²) in [5.74, 6) is 0. The van der Waals surface area contributed by atoms with Gasteiger partial charge in [-0.2, -0.15) is 4.72 Å². The maximum absolute atomic E-state index is 11.8. The van der Waals surface area contributed by atoms with E-state index >= 15 is 0 Å². The number of hydrogen-bond acceptors (Lipinski definition) is 5. The molecule has 10 heteroatoms. The van der Waals surface area contributed by atoms with E-state index in [0.29, 0.717) is 0 Å². The molecule has 1 heterocycles. The molecule has 0 saturated heterocycles. The summed E-state index contributed by atoms with van der Waals surface area (Å²) in [5, 5.41) is 6.84. The van der Waals surface area contributed by atoms with E-state index in [1.165, 1.54) is 0 Å². The van der Waals surface area contributed by atoms with Gasteiger partial charge in [0.1, 0.15) is 9.79 Å². The van der Waals surface area contributed by atoms with E-state index in [9.17, 15) is 16.8 Å². The van der Waals surface area contributed by atoms with Crippen LogP contribution in [0.4, 0.5) is 5.69 Å². The van der Waals surface area contributed by atoms with Crippen molar-refractivity contribution in [1.82, 2.24) is 4.72 Å². The molecule has 4 N–H and O–H groups in total. The highest BCUT2D eigenvalue weighted by molar-refractivity contribution is 7.90. The number of rotatable bonds is 1. The Morgan fingerprint density at radius 2 is 2.12 bits per heavy atom. The molecule has 0 fully saturated rings. The Kier molecular flexibility index (Phi) is 2.27. The molecule has 94 valence electrons. The maximum atomic E-state index is 11.8. The average Bonchev–Trinajstić information content (AvgIpc) is 2.10. The van der Waals surface area contributed by atoms with Crippen molar-refractivity contribution >= 4 is 37.3 Å². The lowest BCUT2D eigenvalue weighted by atomic mass is 10.3. The molecule has 0 atom stereocenters. The Balaban J connectivity index is 2.78. The molecule has 0 aromatic heterocycles. The molecule has 0 spiro atoms. The number of nitrogens with two attached hydrogens (primary N) is 1. The van der Waals surface area contributed by atoms with Crippen molar-refractivity contribution in [2.24, 2.45) is 5.14 Å². The zero-order chi connectivity index (χ0) is 14.6. The van der Waals surface area contributed by atoms with Gasteiger partial charge in [-0.05, 0) is 12.1 Å². The third-order valence-corrected chi connectivity index (χ3v) is 4.68. The van der Waals surface area contributed by atoms with Gasteiger partial charge < -0.3 is 5.32 Å². The van der Waals surface area contributed by atoms with Crippen molar-refractivity contribution in [3.05, 3.63) is 17.2 Å². The average molecular weight is 301 g/mol. The van der Waals surface area contributed by atoms with Gasteiger partial charge >= 0.3 is 0 Å². The predicted molar refractivity (Wildman–Crippen MR) is 61.6 cm³/mol. The van der Waals surface area contributed by atoms with Gasteiger partial charge in [0.15, 0.2) is 0 Å². The van der Waals surface area contributed by atoms with Gasteiger partial charge in [-0.25, -0.2) is 22.0 Å². The number of hydrogen-bond donors (Lipinski definition) is 3. The monoisotopic (exact) mass is 300 g/mol. The smallest absolute Gasteiger partial charge is 0.244 e. The van der Waals surface area contributed by atoms with Crippen LogP contribution in [0.3, 0.4) is 0 Å². The molecule has 1 aromatic rings. The lowest BCUT2D eigenvalue weighted by molar-refractivity contribution is 0.581. The molecule has 7 nitrogen and oxygen atoms in total. The van der Waals surface area contributed by atoms with E-state index in [4.69, 9.17) is 19.5 Å². The van der Waals surface area contributed by atoms with E-state index < -0.39 is 36.5 Å². The van der Waals surface area contributed by atoms with Gasteiger partial charge in [-0.15, -0.1) is 0 Å². The Labute approximate surface area is 106 Å². The minimum absolute atomic E-state index is 0.152. The first-order valence-electron chi connectivity index (χ1n) is 5.11. The highest BCUT2D eigenvalue weighted by Crippen LogP contribution is 2.32. The van der Waals surface area contributed by atoms with Gasteiger partial charge in [0.25, 0.3) is 0 Å². The number of primary sulfonamides is 1. The molecule has 2 rings (SSSR count). The number of anilines is 1. The zero-order valence-corrected chi connectivity index (χ0v) is 10.4. The van der Waals surface area contributed by atoms with Gasteiger partial charge in [0.05, 0.1) is 20.1 Å². The quantitative estimate of drug-likeness (QED) is 0.613. The van der Waals surface area contributed by atoms with Crippen molar-refractivity contribution in [2.75, 3.05) is 11.9 Å². The standard InChI is InChI=1S/C7H8ClN3O4S2/c8-4-1-5-7(2-6(4)16(9,12)13)17(14,15)11-3-10-5/h1-2,10-11H,3H2,(H2,9,12,13)/i3+1D2. The topological polar surface area (TPSA) is 118 Å². The fraction of sp³-hybridized carbons (Fsp3) is 0.143. The molecule has 0 bridgehead atoms. The second kappa shape index (κ2) is 3.82. The Hall–Kier alpha value is -0.870. The van der Waals surface area contributed by atoms with Crippen LogP contribution in [0.1, 0.15) is 2.74 Å². The van der Waals surface area contributed by atoms with Crippen molar-refractivity contribution < 1.29 is 19.6 Å². The molecule has 0 radical (unpaired) electrons. The molecule has 1 aromatic carbocycles. The van der Waals surface area contributed by atoms with Crippen LogP contribution in [0, 0.1) is 0 Å². The van der Waals surface area contributed by atoms with Crippen molar-refractivity contribution in [2.45, 2.75) is 9.79 Å². The summed E-state index contributed by atoms with van der Waals surface area (Å²) < 4.78 is 62.5. The Morgan fingerprint density at radius 1 is 1.47 bits per heavy atom. The fourth-order valence-corrected chi connectivity index (χ4v) is 3.43. The minimum Gasteiger partial charge on any atom is -0.370 e. The van der Waals surface area contributed by atoms with Crippen molar-refractivity contribution in [3.63, 3.8) is 0 Å². The van der Waals surface area contributed by atoms with Gasteiger partial charge in [0, 0.05) is 0 Å². The third-order valence-electron chi connectivity index (χ3n) is 2.01. The SMILES string of the molecule is [2H][13C]1([2H])Nc2cc(Cl)c(S(N)(=O)=O)cc2S(=O)(=O)N1. The van der Waals surface area contributed by atoms with E-state index in [2.05, 4.69) is 5.32 Å². The van der Waals surface area contributed by atoms with E-state index in [-0.39, 0.29) is 10.7 Å². The first-order chi connectivity index (χ1) is 8.42. The van der Waals surface area contributed by atoms with Crippen LogP contribution >= 0.6 is 11.6 Å². The Morgan fingerprint density at radius 3 is 2.71 bits per heavy atom. The molecule has 0 amide bonds. The highest BCUT2D eigenvalue weighted by atomic mass is 35.5. The van der Waals surface area contributed by atoms with E-state index in [0.717, 1.165) is 12.1 Å². The number of fused-ring (bicyclic) bond motifs is 1. The number of benzene rings is 1. The molecule has 0 aliphatic carbocycles. The number of nitrogens with one attached hydrogen (secondary N) is 2. The second-order valence-electron chi connectivity index (χ2n) is 3.18. The summed E-state index contributed by atoms with van der Waals surface area (Å²) >= 11 is 5.70. The molecule has 1 aliphatic rings. The largest absolute Gasteiger partial charge is 0.370 e. The minimum atomic E-state index is -4.22. The van der Waals surface area contributed by atoms with Crippen LogP contribution in [-0.2, 0) is 20.0 Å². The van der Waals surface area contributed by atoms with Crippen LogP contribution in [-0.4, -0.2) is 23.5 Å². The molecule has 1 aliphatic heterocycles. The molecular formula is C7H8ClN3O4S2. The lowest BCUT2D eigenvalue weighted by Gasteiger charge is -2.20. The number of halogens is 1. The van der Waals surface area contributed by atoms with Crippen LogP contribution in [0.5, 0.6) is 0 Å². The molecule has 17 heavy (non-hydrogen) atoms. The van der Waals surface area contributed by atoms with E-state index in [1.807, 2.05) is 0 Å². The Bertz CT molecular complexity index is 763. The normalized spacial score (nSPS) is 22.9. The van der Waals surface area contributed by atoms with Gasteiger partial charge in [-0.1, -0.05) is 11.6 Å². The summed E-state index contributed by atoms with van der Waals surface area (Å²) in [7, 11) is -8.41. The maximum Gasteiger partial charge on any atom is 0.244 e. The summed E-state index contributed by atoms with van der Waals surface area (Å²) in [6.45, 7) is -2.40. The predicted octanol–water partition coefficient (Wildman–Crippen LogP) is -0.351. The molecule has 0 saturated carbocycles. The second-order valence-corrected chi connectivity index (χ2v) is 6.77. The van der Waals surface area contributed by atoms with Crippen molar-refractivity contribution in [1.29, 1.82) is 0 Å². The molecule has 0 unspecified atom stereocenters. The third kappa shape index (κ3) is 2.24. The highest BCUT2D eigenvalue weighted by Gasteiger charge is 2.26. The summed E-state index contributed by atoms with van der Waals surface area (Å²) in [6.07, 6.45) is 0. The summed E-state index contributed by atoms with van der Waals surface area (Å²) in [4.78, 5) is -1.00. The molecular weight excluding hydrogens is 291 g/mol.